The van der Waals surface area contributed by atoms with Crippen LogP contribution in [0.15, 0.2) is 0 Å². The molecule has 0 radical (unpaired) electrons. The first-order chi connectivity index (χ1) is 3.95. The Bertz CT molecular complexity index is 109. The molecule has 0 saturated carbocycles. The summed E-state index contributed by atoms with van der Waals surface area (Å²) < 4.78 is 4.51. The van der Waals surface area contributed by atoms with Crippen LogP contribution in [0.1, 0.15) is 20.3 Å². The molecule has 0 N–H and O–H groups in total. The molecule has 0 aliphatic rings. The molecule has 56 valence electrons. The number of rotatable bonds is 2. The molecule has 0 aliphatic heterocycles. The molecule has 0 fully saturated rings. The predicted molar refractivity (Wildman–Crippen MR) is 47.8 cm³/mol. The SMILES string of the molecule is COC(=O)CC(C)(C)[SiH3].[NaH]. The summed E-state index contributed by atoms with van der Waals surface area (Å²) in [7, 11) is 2.46. The Balaban J connectivity index is 0. The van der Waals surface area contributed by atoms with Gasteiger partial charge >= 0.3 is 35.5 Å². The van der Waals surface area contributed by atoms with Gasteiger partial charge in [-0.2, -0.15) is 0 Å². The van der Waals surface area contributed by atoms with E-state index < -0.39 is 0 Å². The number of hydrogen-bond donors (Lipinski definition) is 0. The van der Waals surface area contributed by atoms with E-state index in [0.717, 1.165) is 10.2 Å². The van der Waals surface area contributed by atoms with Gasteiger partial charge in [-0.05, 0) is 5.04 Å². The van der Waals surface area contributed by atoms with E-state index in [0.29, 0.717) is 6.42 Å². The van der Waals surface area contributed by atoms with E-state index in [4.69, 9.17) is 0 Å². The van der Waals surface area contributed by atoms with Crippen LogP contribution in [0.2, 0.25) is 5.04 Å². The first-order valence-electron chi connectivity index (χ1n) is 3.02. The molecule has 0 bridgehead atoms. The van der Waals surface area contributed by atoms with Gasteiger partial charge in [-0.3, -0.25) is 4.79 Å². The predicted octanol–water partition coefficient (Wildman–Crippen LogP) is -0.535. The van der Waals surface area contributed by atoms with Crippen LogP contribution in [0, 0.1) is 0 Å². The summed E-state index contributed by atoms with van der Waals surface area (Å²) in [6, 6.07) is 0. The number of ether oxygens (including phenoxy) is 1. The number of carbonyl (C=O) groups is 1. The van der Waals surface area contributed by atoms with Gasteiger partial charge < -0.3 is 4.74 Å². The van der Waals surface area contributed by atoms with Gasteiger partial charge in [0.05, 0.1) is 7.11 Å². The van der Waals surface area contributed by atoms with E-state index in [9.17, 15) is 4.79 Å². The van der Waals surface area contributed by atoms with E-state index in [-0.39, 0.29) is 40.6 Å². The number of methoxy groups -OCH3 is 1. The fourth-order valence-electron chi connectivity index (χ4n) is 0.505. The summed E-state index contributed by atoms with van der Waals surface area (Å²) in [4.78, 5) is 10.6. The Kier molecular flexibility index (Phi) is 7.11. The van der Waals surface area contributed by atoms with Gasteiger partial charge in [0.2, 0.25) is 0 Å². The second kappa shape index (κ2) is 5.35. The van der Waals surface area contributed by atoms with Crippen molar-refractivity contribution in [2.45, 2.75) is 25.3 Å². The number of esters is 1. The van der Waals surface area contributed by atoms with Crippen LogP contribution in [-0.2, 0) is 9.53 Å². The number of carbonyl (C=O) groups excluding carboxylic acids is 1. The van der Waals surface area contributed by atoms with Crippen LogP contribution in [0.4, 0.5) is 0 Å². The van der Waals surface area contributed by atoms with Crippen LogP contribution >= 0.6 is 0 Å². The zero-order chi connectivity index (χ0) is 7.49. The van der Waals surface area contributed by atoms with Crippen molar-refractivity contribution in [1.82, 2.24) is 0 Å². The molecule has 0 aromatic rings. The van der Waals surface area contributed by atoms with Crippen LogP contribution in [-0.4, -0.2) is 52.9 Å². The van der Waals surface area contributed by atoms with E-state index in [1.165, 1.54) is 7.11 Å². The first-order valence-corrected chi connectivity index (χ1v) is 4.02. The monoisotopic (exact) mass is 170 g/mol. The third-order valence-corrected chi connectivity index (χ3v) is 1.26. The minimum absolute atomic E-state index is 0. The van der Waals surface area contributed by atoms with Crippen molar-refractivity contribution in [2.24, 2.45) is 0 Å². The van der Waals surface area contributed by atoms with Gasteiger partial charge in [0, 0.05) is 16.7 Å². The Morgan fingerprint density at radius 3 is 2.10 bits per heavy atom. The Labute approximate surface area is 87.4 Å². The van der Waals surface area contributed by atoms with Gasteiger partial charge in [-0.25, -0.2) is 0 Å². The average Bonchev–Trinajstić information content (AvgIpc) is 1.62. The fourth-order valence-corrected chi connectivity index (χ4v) is 0.794. The van der Waals surface area contributed by atoms with Gasteiger partial charge in [-0.1, -0.05) is 13.8 Å². The molecule has 0 saturated heterocycles. The van der Waals surface area contributed by atoms with Gasteiger partial charge in [0.25, 0.3) is 0 Å². The van der Waals surface area contributed by atoms with Crippen molar-refractivity contribution in [1.29, 1.82) is 0 Å². The molecule has 0 atom stereocenters. The molecule has 0 heterocycles. The van der Waals surface area contributed by atoms with Gasteiger partial charge in [0.15, 0.2) is 0 Å². The summed E-state index contributed by atoms with van der Waals surface area (Å²) >= 11 is 0. The molecule has 0 aromatic carbocycles. The van der Waals surface area contributed by atoms with Crippen molar-refractivity contribution in [3.05, 3.63) is 0 Å². The van der Waals surface area contributed by atoms with E-state index in [1.54, 1.807) is 0 Å². The molecule has 2 nitrogen and oxygen atoms in total. The van der Waals surface area contributed by atoms with Crippen molar-refractivity contribution in [2.75, 3.05) is 7.11 Å². The third kappa shape index (κ3) is 8.69. The van der Waals surface area contributed by atoms with E-state index in [1.807, 2.05) is 0 Å². The second-order valence-corrected chi connectivity index (χ2v) is 6.02. The zero-order valence-corrected chi connectivity index (χ0v) is 8.52. The molecular weight excluding hydrogens is 155 g/mol. The van der Waals surface area contributed by atoms with Crippen LogP contribution in [0.5, 0.6) is 0 Å². The number of hydrogen-bond acceptors (Lipinski definition) is 2. The quantitative estimate of drug-likeness (QED) is 0.411. The summed E-state index contributed by atoms with van der Waals surface area (Å²) in [6.45, 7) is 4.13. The van der Waals surface area contributed by atoms with Gasteiger partial charge in [0.1, 0.15) is 0 Å². The van der Waals surface area contributed by atoms with E-state index >= 15 is 0 Å². The first kappa shape index (κ1) is 13.3. The molecule has 10 heavy (non-hydrogen) atoms. The maximum atomic E-state index is 10.6. The summed E-state index contributed by atoms with van der Waals surface area (Å²) in [5.74, 6) is -0.102. The fraction of sp³-hybridized carbons (Fsp3) is 0.833. The van der Waals surface area contributed by atoms with Crippen molar-refractivity contribution in [3.8, 4) is 0 Å². The molecular formula is C6H15NaO2Si. The van der Waals surface area contributed by atoms with Crippen LogP contribution in [0.3, 0.4) is 0 Å². The Morgan fingerprint density at radius 2 is 2.00 bits per heavy atom. The van der Waals surface area contributed by atoms with Crippen LogP contribution < -0.4 is 0 Å². The normalized spacial score (nSPS) is 10.3. The maximum absolute atomic E-state index is 10.6. The zero-order valence-electron chi connectivity index (χ0n) is 6.52. The molecule has 0 aromatic heterocycles. The van der Waals surface area contributed by atoms with Crippen LogP contribution in [0.25, 0.3) is 0 Å². The average molecular weight is 170 g/mol. The standard InChI is InChI=1S/C6H14O2Si.Na.H/c1-6(2,9)4-5(7)8-3;;/h4H2,1-3,9H3;;. The summed E-state index contributed by atoms with van der Waals surface area (Å²) in [6.07, 6.45) is 0.551. The van der Waals surface area contributed by atoms with Crippen molar-refractivity contribution >= 4 is 45.8 Å². The second-order valence-electron chi connectivity index (χ2n) is 3.31. The summed E-state index contributed by atoms with van der Waals surface area (Å²) in [5, 5.41) is 0.188. The van der Waals surface area contributed by atoms with Gasteiger partial charge in [-0.15, -0.1) is 0 Å². The summed E-state index contributed by atoms with van der Waals surface area (Å²) in [5.41, 5.74) is 0. The molecule has 0 spiro atoms. The minimum atomic E-state index is -0.102. The third-order valence-electron chi connectivity index (χ3n) is 0.902. The molecule has 0 amide bonds. The molecule has 0 unspecified atom stereocenters. The Hall–Kier alpha value is 0.687. The molecule has 4 heteroatoms. The Morgan fingerprint density at radius 1 is 1.60 bits per heavy atom. The molecule has 0 rings (SSSR count). The van der Waals surface area contributed by atoms with Crippen molar-refractivity contribution < 1.29 is 9.53 Å². The van der Waals surface area contributed by atoms with Crippen molar-refractivity contribution in [3.63, 3.8) is 0 Å². The molecule has 0 aliphatic carbocycles. The topological polar surface area (TPSA) is 26.3 Å². The van der Waals surface area contributed by atoms with E-state index in [2.05, 4.69) is 18.6 Å².